The van der Waals surface area contributed by atoms with Crippen LogP contribution in [0.15, 0.2) is 0 Å². The molecule has 6 nitrogen and oxygen atoms in total. The molecule has 1 fully saturated rings. The minimum atomic E-state index is 0.136. The largest absolute Gasteiger partial charge is 0.354 e. The van der Waals surface area contributed by atoms with Gasteiger partial charge in [-0.15, -0.1) is 0 Å². The molecular weight excluding hydrogens is 278 g/mol. The Hall–Kier alpha value is -0.690. The van der Waals surface area contributed by atoms with Crippen LogP contribution in [0.1, 0.15) is 20.8 Å². The van der Waals surface area contributed by atoms with Crippen LogP contribution in [0.5, 0.6) is 0 Å². The Morgan fingerprint density at radius 1 is 0.773 bits per heavy atom. The summed E-state index contributed by atoms with van der Waals surface area (Å²) >= 11 is 0. The zero-order valence-corrected chi connectivity index (χ0v) is 14.7. The topological polar surface area (TPSA) is 50.9 Å². The summed E-state index contributed by atoms with van der Waals surface area (Å²) in [6, 6.07) is 0. The van der Waals surface area contributed by atoms with Gasteiger partial charge in [-0.05, 0) is 19.6 Å². The second-order valence-electron chi connectivity index (χ2n) is 5.84. The number of carbonyl (C=O) groups excluding carboxylic acids is 1. The zero-order chi connectivity index (χ0) is 16.2. The summed E-state index contributed by atoms with van der Waals surface area (Å²) in [6.07, 6.45) is 0. The Balaban J connectivity index is 2.56. The van der Waals surface area contributed by atoms with Crippen molar-refractivity contribution >= 4 is 5.91 Å². The lowest BCUT2D eigenvalue weighted by molar-refractivity contribution is -0.122. The Bertz CT molecular complexity index is 300. The van der Waals surface area contributed by atoms with Crippen LogP contribution in [-0.4, -0.2) is 99.1 Å². The average molecular weight is 313 g/mol. The first-order valence-electron chi connectivity index (χ1n) is 8.84. The predicted octanol–water partition coefficient (Wildman–Crippen LogP) is -0.328. The molecule has 130 valence electrons. The predicted molar refractivity (Wildman–Crippen MR) is 92.2 cm³/mol. The molecule has 0 saturated carbocycles. The fourth-order valence-electron chi connectivity index (χ4n) is 2.68. The minimum Gasteiger partial charge on any atom is -0.354 e. The highest BCUT2D eigenvalue weighted by atomic mass is 16.2. The van der Waals surface area contributed by atoms with Gasteiger partial charge < -0.3 is 20.4 Å². The second-order valence-corrected chi connectivity index (χ2v) is 5.84. The number of hydrogen-bond donors (Lipinski definition) is 2. The number of amides is 1. The van der Waals surface area contributed by atoms with Crippen LogP contribution in [0.4, 0.5) is 0 Å². The van der Waals surface area contributed by atoms with Crippen molar-refractivity contribution < 1.29 is 4.79 Å². The highest BCUT2D eigenvalue weighted by Gasteiger charge is 2.12. The highest BCUT2D eigenvalue weighted by molar-refractivity contribution is 5.77. The normalized spacial score (nSPS) is 22.8. The fourth-order valence-corrected chi connectivity index (χ4v) is 2.68. The molecule has 1 saturated heterocycles. The fraction of sp³-hybridized carbons (Fsp3) is 0.938. The van der Waals surface area contributed by atoms with Crippen molar-refractivity contribution in [1.82, 2.24) is 25.3 Å². The minimum absolute atomic E-state index is 0.136. The number of hydrogen-bond acceptors (Lipinski definition) is 5. The van der Waals surface area contributed by atoms with E-state index >= 15 is 0 Å². The smallest absolute Gasteiger partial charge is 0.234 e. The molecule has 0 aromatic heterocycles. The van der Waals surface area contributed by atoms with E-state index in [1.165, 1.54) is 0 Å². The third-order valence-electron chi connectivity index (χ3n) is 4.40. The lowest BCUT2D eigenvalue weighted by atomic mass is 10.3. The van der Waals surface area contributed by atoms with Gasteiger partial charge >= 0.3 is 0 Å². The molecule has 0 spiro atoms. The maximum atomic E-state index is 11.9. The highest BCUT2D eigenvalue weighted by Crippen LogP contribution is 1.95. The Morgan fingerprint density at radius 3 is 1.91 bits per heavy atom. The van der Waals surface area contributed by atoms with Crippen LogP contribution < -0.4 is 10.6 Å². The number of nitrogens with zero attached hydrogens (tertiary/aromatic N) is 3. The van der Waals surface area contributed by atoms with Gasteiger partial charge in [0, 0.05) is 52.4 Å². The van der Waals surface area contributed by atoms with E-state index in [0.717, 1.165) is 65.4 Å². The van der Waals surface area contributed by atoms with Crippen molar-refractivity contribution in [2.75, 3.05) is 78.5 Å². The molecule has 0 aromatic carbocycles. The van der Waals surface area contributed by atoms with Crippen LogP contribution >= 0.6 is 0 Å². The molecule has 1 aliphatic heterocycles. The Kier molecular flexibility index (Phi) is 10.4. The van der Waals surface area contributed by atoms with Crippen molar-refractivity contribution in [3.05, 3.63) is 0 Å². The molecule has 0 unspecified atom stereocenters. The van der Waals surface area contributed by atoms with Gasteiger partial charge in [0.1, 0.15) is 0 Å². The van der Waals surface area contributed by atoms with E-state index in [2.05, 4.69) is 46.1 Å². The van der Waals surface area contributed by atoms with Gasteiger partial charge in [-0.2, -0.15) is 0 Å². The standard InChI is InChI=1S/C16H35N5O/c1-4-19-10-9-17-7-8-18-16(22)15-21(6-3)14-13-20(5-2)12-11-19/h17H,4-15H2,1-3H3,(H,18,22). The van der Waals surface area contributed by atoms with E-state index in [4.69, 9.17) is 0 Å². The molecule has 22 heavy (non-hydrogen) atoms. The number of rotatable bonds is 3. The van der Waals surface area contributed by atoms with Crippen molar-refractivity contribution in [3.8, 4) is 0 Å². The number of likely N-dealkylation sites (N-methyl/N-ethyl adjacent to an activating group) is 3. The van der Waals surface area contributed by atoms with Crippen LogP contribution in [0, 0.1) is 0 Å². The van der Waals surface area contributed by atoms with Gasteiger partial charge in [-0.3, -0.25) is 9.69 Å². The van der Waals surface area contributed by atoms with Gasteiger partial charge in [0.25, 0.3) is 0 Å². The van der Waals surface area contributed by atoms with Crippen LogP contribution in [-0.2, 0) is 4.79 Å². The van der Waals surface area contributed by atoms with Crippen LogP contribution in [0.2, 0.25) is 0 Å². The molecule has 0 bridgehead atoms. The van der Waals surface area contributed by atoms with Crippen molar-refractivity contribution in [2.45, 2.75) is 20.8 Å². The van der Waals surface area contributed by atoms with E-state index in [1.807, 2.05) is 0 Å². The summed E-state index contributed by atoms with van der Waals surface area (Å²) in [5, 5.41) is 6.40. The van der Waals surface area contributed by atoms with Gasteiger partial charge in [-0.1, -0.05) is 20.8 Å². The Labute approximate surface area is 136 Å². The molecule has 1 rings (SSSR count). The monoisotopic (exact) mass is 313 g/mol. The van der Waals surface area contributed by atoms with Gasteiger partial charge in [0.15, 0.2) is 0 Å². The lowest BCUT2D eigenvalue weighted by Crippen LogP contribution is -2.43. The van der Waals surface area contributed by atoms with Crippen molar-refractivity contribution in [1.29, 1.82) is 0 Å². The Morgan fingerprint density at radius 2 is 1.32 bits per heavy atom. The van der Waals surface area contributed by atoms with Crippen LogP contribution in [0.3, 0.4) is 0 Å². The molecule has 0 radical (unpaired) electrons. The lowest BCUT2D eigenvalue weighted by Gasteiger charge is -2.28. The summed E-state index contributed by atoms with van der Waals surface area (Å²) in [6.45, 7) is 18.0. The molecule has 2 N–H and O–H groups in total. The maximum absolute atomic E-state index is 11.9. The van der Waals surface area contributed by atoms with Crippen molar-refractivity contribution in [3.63, 3.8) is 0 Å². The molecule has 0 aromatic rings. The van der Waals surface area contributed by atoms with E-state index < -0.39 is 0 Å². The molecule has 6 heteroatoms. The summed E-state index contributed by atoms with van der Waals surface area (Å²) in [5.74, 6) is 0.136. The third-order valence-corrected chi connectivity index (χ3v) is 4.40. The maximum Gasteiger partial charge on any atom is 0.234 e. The molecule has 0 aliphatic carbocycles. The van der Waals surface area contributed by atoms with E-state index in [1.54, 1.807) is 0 Å². The number of nitrogens with one attached hydrogen (secondary N) is 2. The van der Waals surface area contributed by atoms with E-state index in [9.17, 15) is 4.79 Å². The molecule has 0 atom stereocenters. The molecular formula is C16H35N5O. The van der Waals surface area contributed by atoms with Gasteiger partial charge in [0.2, 0.25) is 5.91 Å². The van der Waals surface area contributed by atoms with Crippen LogP contribution in [0.25, 0.3) is 0 Å². The zero-order valence-electron chi connectivity index (χ0n) is 14.7. The van der Waals surface area contributed by atoms with Gasteiger partial charge in [0.05, 0.1) is 6.54 Å². The third kappa shape index (κ3) is 8.08. The quantitative estimate of drug-likeness (QED) is 0.747. The summed E-state index contributed by atoms with van der Waals surface area (Å²) in [5.41, 5.74) is 0. The first kappa shape index (κ1) is 19.4. The molecule has 1 heterocycles. The molecule has 1 amide bonds. The first-order valence-corrected chi connectivity index (χ1v) is 8.84. The van der Waals surface area contributed by atoms with Crippen molar-refractivity contribution in [2.24, 2.45) is 0 Å². The van der Waals surface area contributed by atoms with E-state index in [0.29, 0.717) is 13.1 Å². The molecule has 1 aliphatic rings. The average Bonchev–Trinajstić information content (AvgIpc) is 2.54. The second kappa shape index (κ2) is 11.8. The summed E-state index contributed by atoms with van der Waals surface area (Å²) < 4.78 is 0. The SMILES string of the molecule is CCN1CCNCCNC(=O)CN(CC)CCN(CC)CC1. The van der Waals surface area contributed by atoms with E-state index in [-0.39, 0.29) is 5.91 Å². The first-order chi connectivity index (χ1) is 10.7. The van der Waals surface area contributed by atoms with Gasteiger partial charge in [-0.25, -0.2) is 0 Å². The summed E-state index contributed by atoms with van der Waals surface area (Å²) in [7, 11) is 0. The number of carbonyl (C=O) groups is 1. The summed E-state index contributed by atoms with van der Waals surface area (Å²) in [4.78, 5) is 19.1.